The van der Waals surface area contributed by atoms with Gasteiger partial charge in [0.05, 0.1) is 16.7 Å². The van der Waals surface area contributed by atoms with Crippen LogP contribution in [0.25, 0.3) is 71.6 Å². The summed E-state index contributed by atoms with van der Waals surface area (Å²) >= 11 is 0. The zero-order valence-corrected chi connectivity index (χ0v) is 30.7. The molecule has 2 bridgehead atoms. The summed E-state index contributed by atoms with van der Waals surface area (Å²) in [4.78, 5) is 0. The predicted molar refractivity (Wildman–Crippen MR) is 224 cm³/mol. The molecule has 53 heavy (non-hydrogen) atoms. The second-order valence-corrected chi connectivity index (χ2v) is 16.5. The first-order chi connectivity index (χ1) is 26.1. The van der Waals surface area contributed by atoms with E-state index in [1.807, 2.05) is 0 Å². The van der Waals surface area contributed by atoms with Crippen molar-refractivity contribution < 1.29 is 0 Å². The molecule has 258 valence electrons. The standard InChI is InChI=1S/C52H45N/c1-3-34-29-35-28-33(2)52(39(30-34)31-35)45-27-26-38(36-14-5-4-6-15-36)32-44(45)50-41(20-12-22-46(50)52)42-21-13-25-49-51(42)43-19-9-10-23-48(43)53(49)47-24-11-17-37-16-7-8-18-40(37)47/h4-27,32-35,39H,3,28-31H2,1-2H3. The van der Waals surface area contributed by atoms with Gasteiger partial charge in [-0.2, -0.15) is 0 Å². The Morgan fingerprint density at radius 1 is 0.566 bits per heavy atom. The van der Waals surface area contributed by atoms with Gasteiger partial charge in [-0.15, -0.1) is 0 Å². The number of hydrogen-bond donors (Lipinski definition) is 0. The average Bonchev–Trinajstić information content (AvgIpc) is 3.71. The minimum atomic E-state index is 0.0328. The summed E-state index contributed by atoms with van der Waals surface area (Å²) in [6.07, 6.45) is 6.74. The van der Waals surface area contributed by atoms with E-state index in [1.165, 1.54) is 104 Å². The van der Waals surface area contributed by atoms with E-state index in [-0.39, 0.29) is 5.41 Å². The molecule has 7 aromatic carbocycles. The summed E-state index contributed by atoms with van der Waals surface area (Å²) < 4.78 is 2.51. The fourth-order valence-electron chi connectivity index (χ4n) is 11.9. The summed E-state index contributed by atoms with van der Waals surface area (Å²) in [6, 6.07) is 57.5. The van der Waals surface area contributed by atoms with Crippen molar-refractivity contribution in [3.05, 3.63) is 163 Å². The number of fused-ring (bicyclic) bond motifs is 12. The number of hydrogen-bond acceptors (Lipinski definition) is 0. The number of para-hydroxylation sites is 1. The number of aromatic nitrogens is 1. The molecule has 1 nitrogen and oxygen atoms in total. The van der Waals surface area contributed by atoms with Crippen molar-refractivity contribution in [1.82, 2.24) is 4.57 Å². The SMILES string of the molecule is CCC1CC2CC(C)C3(c4ccc(-c5ccccc5)cc4-c4c(-c5cccc6c5c5ccccc5n6-c5cccc6ccccc56)cccc43)C(C1)C2. The van der Waals surface area contributed by atoms with Crippen LogP contribution in [0.15, 0.2) is 152 Å². The Labute approximate surface area is 312 Å². The first-order valence-electron chi connectivity index (χ1n) is 20.0. The van der Waals surface area contributed by atoms with Crippen molar-refractivity contribution in [2.45, 2.75) is 51.4 Å². The molecule has 0 aliphatic heterocycles. The number of rotatable bonds is 4. The molecule has 0 saturated heterocycles. The largest absolute Gasteiger partial charge is 0.309 e. The molecule has 5 atom stereocenters. The van der Waals surface area contributed by atoms with Gasteiger partial charge in [0.2, 0.25) is 0 Å². The molecule has 1 spiro atoms. The first kappa shape index (κ1) is 31.2. The van der Waals surface area contributed by atoms with Gasteiger partial charge >= 0.3 is 0 Å². The van der Waals surface area contributed by atoms with E-state index in [2.05, 4.69) is 170 Å². The first-order valence-corrected chi connectivity index (χ1v) is 20.0. The van der Waals surface area contributed by atoms with E-state index < -0.39 is 0 Å². The molecule has 11 rings (SSSR count). The smallest absolute Gasteiger partial charge is 0.0547 e. The van der Waals surface area contributed by atoms with Crippen LogP contribution in [-0.4, -0.2) is 4.57 Å². The highest BCUT2D eigenvalue weighted by Crippen LogP contribution is 2.66. The van der Waals surface area contributed by atoms with Crippen molar-refractivity contribution >= 4 is 32.6 Å². The molecular weight excluding hydrogens is 639 g/mol. The normalized spacial score (nSPS) is 23.1. The third-order valence-corrected chi connectivity index (χ3v) is 13.9. The zero-order chi connectivity index (χ0) is 35.3. The summed E-state index contributed by atoms with van der Waals surface area (Å²) in [5.74, 6) is 2.94. The summed E-state index contributed by atoms with van der Waals surface area (Å²) in [6.45, 7) is 5.03. The molecule has 3 aliphatic rings. The van der Waals surface area contributed by atoms with Crippen LogP contribution in [0.3, 0.4) is 0 Å². The van der Waals surface area contributed by atoms with Crippen molar-refractivity contribution in [2.75, 3.05) is 0 Å². The molecule has 1 heterocycles. The Hall–Kier alpha value is -5.40. The fraction of sp³-hybridized carbons (Fsp3) is 0.231. The number of benzene rings is 7. The number of nitrogens with zero attached hydrogens (tertiary/aromatic N) is 1. The van der Waals surface area contributed by atoms with E-state index in [0.717, 1.165) is 11.8 Å². The van der Waals surface area contributed by atoms with Crippen molar-refractivity contribution in [1.29, 1.82) is 0 Å². The van der Waals surface area contributed by atoms with Gasteiger partial charge < -0.3 is 4.57 Å². The Bertz CT molecular complexity index is 2710. The highest BCUT2D eigenvalue weighted by Gasteiger charge is 2.57. The van der Waals surface area contributed by atoms with Gasteiger partial charge in [0.1, 0.15) is 0 Å². The topological polar surface area (TPSA) is 4.93 Å². The Balaban J connectivity index is 1.22. The third kappa shape index (κ3) is 4.37. The van der Waals surface area contributed by atoms with Gasteiger partial charge in [0, 0.05) is 21.6 Å². The highest BCUT2D eigenvalue weighted by molar-refractivity contribution is 6.18. The molecule has 1 heteroatoms. The maximum Gasteiger partial charge on any atom is 0.0547 e. The van der Waals surface area contributed by atoms with Crippen LogP contribution in [0, 0.1) is 23.7 Å². The predicted octanol–water partition coefficient (Wildman–Crippen LogP) is 14.0. The maximum atomic E-state index is 2.60. The lowest BCUT2D eigenvalue weighted by molar-refractivity contribution is 0.0368. The monoisotopic (exact) mass is 683 g/mol. The van der Waals surface area contributed by atoms with Crippen LogP contribution < -0.4 is 0 Å². The Kier molecular flexibility index (Phi) is 6.94. The Morgan fingerprint density at radius 2 is 1.30 bits per heavy atom. The molecule has 0 radical (unpaired) electrons. The third-order valence-electron chi connectivity index (χ3n) is 13.9. The van der Waals surface area contributed by atoms with Gasteiger partial charge in [-0.05, 0) is 124 Å². The maximum absolute atomic E-state index is 2.60. The van der Waals surface area contributed by atoms with Crippen molar-refractivity contribution in [3.63, 3.8) is 0 Å². The fourth-order valence-corrected chi connectivity index (χ4v) is 11.9. The minimum absolute atomic E-state index is 0.0328. The van der Waals surface area contributed by atoms with Crippen LogP contribution in [0.4, 0.5) is 0 Å². The van der Waals surface area contributed by atoms with Gasteiger partial charge in [0.25, 0.3) is 0 Å². The molecule has 0 N–H and O–H groups in total. The molecule has 3 aliphatic carbocycles. The van der Waals surface area contributed by atoms with Crippen LogP contribution in [0.2, 0.25) is 0 Å². The zero-order valence-electron chi connectivity index (χ0n) is 30.7. The molecule has 1 aromatic heterocycles. The van der Waals surface area contributed by atoms with E-state index in [1.54, 1.807) is 11.1 Å². The van der Waals surface area contributed by atoms with Gasteiger partial charge in [-0.25, -0.2) is 0 Å². The average molecular weight is 684 g/mol. The van der Waals surface area contributed by atoms with Crippen LogP contribution >= 0.6 is 0 Å². The molecule has 2 saturated carbocycles. The summed E-state index contributed by atoms with van der Waals surface area (Å²) in [5.41, 5.74) is 15.2. The molecule has 8 aromatic rings. The highest BCUT2D eigenvalue weighted by atomic mass is 15.0. The lowest BCUT2D eigenvalue weighted by Gasteiger charge is -2.54. The van der Waals surface area contributed by atoms with E-state index in [4.69, 9.17) is 0 Å². The Morgan fingerprint density at radius 3 is 2.19 bits per heavy atom. The quantitative estimate of drug-likeness (QED) is 0.174. The second kappa shape index (κ2) is 11.8. The van der Waals surface area contributed by atoms with Gasteiger partial charge in [-0.3, -0.25) is 0 Å². The molecular formula is C52H45N. The van der Waals surface area contributed by atoms with Crippen LogP contribution in [0.1, 0.15) is 57.1 Å². The lowest BCUT2D eigenvalue weighted by atomic mass is 9.49. The molecule has 5 unspecified atom stereocenters. The minimum Gasteiger partial charge on any atom is -0.309 e. The van der Waals surface area contributed by atoms with Crippen molar-refractivity contribution in [3.8, 4) is 39.1 Å². The van der Waals surface area contributed by atoms with Crippen LogP contribution in [-0.2, 0) is 5.41 Å². The summed E-state index contributed by atoms with van der Waals surface area (Å²) in [5, 5.41) is 5.18. The van der Waals surface area contributed by atoms with Gasteiger partial charge in [-0.1, -0.05) is 148 Å². The van der Waals surface area contributed by atoms with Crippen LogP contribution in [0.5, 0.6) is 0 Å². The summed E-state index contributed by atoms with van der Waals surface area (Å²) in [7, 11) is 0. The second-order valence-electron chi connectivity index (χ2n) is 16.5. The molecule has 0 amide bonds. The van der Waals surface area contributed by atoms with E-state index in [9.17, 15) is 0 Å². The lowest BCUT2D eigenvalue weighted by Crippen LogP contribution is -2.49. The van der Waals surface area contributed by atoms with Crippen molar-refractivity contribution in [2.24, 2.45) is 23.7 Å². The molecule has 2 fully saturated rings. The van der Waals surface area contributed by atoms with E-state index in [0.29, 0.717) is 11.8 Å². The van der Waals surface area contributed by atoms with E-state index >= 15 is 0 Å². The van der Waals surface area contributed by atoms with Gasteiger partial charge in [0.15, 0.2) is 0 Å².